The van der Waals surface area contributed by atoms with Crippen molar-refractivity contribution in [1.29, 1.82) is 0 Å². The van der Waals surface area contributed by atoms with Crippen LogP contribution in [0, 0.1) is 0 Å². The first-order valence-electron chi connectivity index (χ1n) is 10.2. The van der Waals surface area contributed by atoms with Crippen LogP contribution >= 0.6 is 0 Å². The maximum absolute atomic E-state index is 13.3. The van der Waals surface area contributed by atoms with E-state index in [1.165, 1.54) is 11.1 Å². The number of rotatable bonds is 2. The Morgan fingerprint density at radius 3 is 2.79 bits per heavy atom. The van der Waals surface area contributed by atoms with Crippen molar-refractivity contribution in [3.63, 3.8) is 0 Å². The Bertz CT molecular complexity index is 1150. The van der Waals surface area contributed by atoms with Gasteiger partial charge in [-0.2, -0.15) is 0 Å². The topological polar surface area (TPSA) is 51.5 Å². The molecule has 1 aliphatic heterocycles. The molecule has 5 heteroatoms. The third kappa shape index (κ3) is 2.88. The van der Waals surface area contributed by atoms with Crippen LogP contribution in [0.25, 0.3) is 10.8 Å². The van der Waals surface area contributed by atoms with Crippen molar-refractivity contribution in [3.8, 4) is 0 Å². The van der Waals surface area contributed by atoms with E-state index in [1.54, 1.807) is 10.8 Å². The van der Waals surface area contributed by atoms with E-state index in [0.29, 0.717) is 25.1 Å². The maximum atomic E-state index is 13.3. The molecule has 1 saturated heterocycles. The van der Waals surface area contributed by atoms with Crippen LogP contribution in [0.15, 0.2) is 65.6 Å². The molecule has 5 nitrogen and oxygen atoms in total. The Morgan fingerprint density at radius 2 is 1.90 bits per heavy atom. The molecule has 2 aromatic carbocycles. The number of aromatic nitrogens is 1. The van der Waals surface area contributed by atoms with Crippen molar-refractivity contribution in [1.82, 2.24) is 9.47 Å². The van der Waals surface area contributed by atoms with E-state index in [0.717, 1.165) is 18.2 Å². The van der Waals surface area contributed by atoms with Crippen LogP contribution in [0.4, 0.5) is 0 Å². The maximum Gasteiger partial charge on any atom is 0.259 e. The fourth-order valence-electron chi connectivity index (χ4n) is 4.83. The SMILES string of the molecule is C[C@@H](C(=O)N1CCO[C@@]2(CCc3ccccc32)C1)n1ccc2ccccc2c1=O. The number of nitrogens with zero attached hydrogens (tertiary/aromatic N) is 2. The van der Waals surface area contributed by atoms with Crippen molar-refractivity contribution in [3.05, 3.63) is 82.3 Å². The van der Waals surface area contributed by atoms with Crippen molar-refractivity contribution in [2.75, 3.05) is 19.7 Å². The Kier molecular flexibility index (Phi) is 4.28. The number of fused-ring (bicyclic) bond motifs is 3. The highest BCUT2D eigenvalue weighted by Gasteiger charge is 2.44. The van der Waals surface area contributed by atoms with Crippen LogP contribution in [0.3, 0.4) is 0 Å². The molecule has 29 heavy (non-hydrogen) atoms. The highest BCUT2D eigenvalue weighted by Crippen LogP contribution is 2.42. The molecule has 0 radical (unpaired) electrons. The molecule has 1 fully saturated rings. The second-order valence-corrected chi connectivity index (χ2v) is 8.05. The summed E-state index contributed by atoms with van der Waals surface area (Å²) in [7, 11) is 0. The first-order valence-corrected chi connectivity index (χ1v) is 10.2. The summed E-state index contributed by atoms with van der Waals surface area (Å²) < 4.78 is 7.79. The summed E-state index contributed by atoms with van der Waals surface area (Å²) in [5.41, 5.74) is 1.96. The van der Waals surface area contributed by atoms with Crippen molar-refractivity contribution in [2.24, 2.45) is 0 Å². The molecule has 1 amide bonds. The molecule has 0 saturated carbocycles. The zero-order valence-electron chi connectivity index (χ0n) is 16.5. The summed E-state index contributed by atoms with van der Waals surface area (Å²) in [4.78, 5) is 28.2. The molecule has 2 atom stereocenters. The third-order valence-electron chi connectivity index (χ3n) is 6.42. The Balaban J connectivity index is 1.44. The molecule has 2 heterocycles. The Labute approximate surface area is 169 Å². The monoisotopic (exact) mass is 388 g/mol. The molecule has 1 aromatic heterocycles. The van der Waals surface area contributed by atoms with Crippen LogP contribution in [-0.4, -0.2) is 35.1 Å². The van der Waals surface area contributed by atoms with Gasteiger partial charge >= 0.3 is 0 Å². The minimum Gasteiger partial charge on any atom is -0.367 e. The standard InChI is InChI=1S/C24H24N2O3/c1-17(26-13-11-18-6-2-4-8-20(18)23(26)28)22(27)25-14-15-29-24(16-25)12-10-19-7-3-5-9-21(19)24/h2-9,11,13,17H,10,12,14-16H2,1H3/t17-,24-/m0/s1. The van der Waals surface area contributed by atoms with Crippen molar-refractivity contribution in [2.45, 2.75) is 31.4 Å². The highest BCUT2D eigenvalue weighted by atomic mass is 16.5. The molecule has 5 rings (SSSR count). The lowest BCUT2D eigenvalue weighted by Gasteiger charge is -2.42. The van der Waals surface area contributed by atoms with E-state index in [2.05, 4.69) is 18.2 Å². The van der Waals surface area contributed by atoms with Gasteiger partial charge in [-0.05, 0) is 48.4 Å². The minimum atomic E-state index is -0.557. The number of carbonyl (C=O) groups excluding carboxylic acids is 1. The number of carbonyl (C=O) groups is 1. The number of benzene rings is 2. The van der Waals surface area contributed by atoms with E-state index in [1.807, 2.05) is 48.2 Å². The van der Waals surface area contributed by atoms with Crippen LogP contribution in [-0.2, 0) is 21.6 Å². The van der Waals surface area contributed by atoms with E-state index in [-0.39, 0.29) is 11.5 Å². The number of hydrogen-bond donors (Lipinski definition) is 0. The van der Waals surface area contributed by atoms with Gasteiger partial charge in [-0.25, -0.2) is 0 Å². The molecule has 0 bridgehead atoms. The molecule has 1 spiro atoms. The first-order chi connectivity index (χ1) is 14.1. The lowest BCUT2D eigenvalue weighted by Crippen LogP contribution is -2.52. The number of aryl methyl sites for hydroxylation is 1. The smallest absolute Gasteiger partial charge is 0.259 e. The highest BCUT2D eigenvalue weighted by molar-refractivity contribution is 5.83. The van der Waals surface area contributed by atoms with E-state index in [4.69, 9.17) is 4.74 Å². The van der Waals surface area contributed by atoms with Crippen LogP contribution < -0.4 is 5.56 Å². The summed E-state index contributed by atoms with van der Waals surface area (Å²) in [6, 6.07) is 17.2. The first kappa shape index (κ1) is 18.1. The van der Waals surface area contributed by atoms with Gasteiger partial charge in [-0.3, -0.25) is 9.59 Å². The fraction of sp³-hybridized carbons (Fsp3) is 0.333. The number of pyridine rings is 1. The number of amides is 1. The van der Waals surface area contributed by atoms with Gasteiger partial charge in [0.05, 0.1) is 13.2 Å². The fourth-order valence-corrected chi connectivity index (χ4v) is 4.83. The normalized spacial score (nSPS) is 22.0. The average molecular weight is 388 g/mol. The van der Waals surface area contributed by atoms with Crippen LogP contribution in [0.2, 0.25) is 0 Å². The molecule has 2 aliphatic rings. The van der Waals surface area contributed by atoms with E-state index in [9.17, 15) is 9.59 Å². The Hall–Kier alpha value is -2.92. The van der Waals surface area contributed by atoms with Crippen molar-refractivity contribution >= 4 is 16.7 Å². The van der Waals surface area contributed by atoms with Gasteiger partial charge in [0.1, 0.15) is 11.6 Å². The number of morpholine rings is 1. The second kappa shape index (κ2) is 6.85. The molecule has 1 aliphatic carbocycles. The second-order valence-electron chi connectivity index (χ2n) is 8.05. The molecule has 3 aromatic rings. The summed E-state index contributed by atoms with van der Waals surface area (Å²) in [6.07, 6.45) is 3.59. The van der Waals surface area contributed by atoms with Crippen LogP contribution in [0.5, 0.6) is 0 Å². The predicted octanol–water partition coefficient (Wildman–Crippen LogP) is 3.26. The van der Waals surface area contributed by atoms with Gasteiger partial charge in [0.15, 0.2) is 0 Å². The summed E-state index contributed by atoms with van der Waals surface area (Å²) in [6.45, 7) is 3.41. The quantitative estimate of drug-likeness (QED) is 0.677. The van der Waals surface area contributed by atoms with E-state index >= 15 is 0 Å². The van der Waals surface area contributed by atoms with Gasteiger partial charge < -0.3 is 14.2 Å². The third-order valence-corrected chi connectivity index (χ3v) is 6.42. The van der Waals surface area contributed by atoms with Gasteiger partial charge in [0, 0.05) is 18.1 Å². The molecular formula is C24H24N2O3. The lowest BCUT2D eigenvalue weighted by atomic mass is 9.93. The number of hydrogen-bond acceptors (Lipinski definition) is 3. The van der Waals surface area contributed by atoms with E-state index < -0.39 is 11.6 Å². The van der Waals surface area contributed by atoms with Gasteiger partial charge in [0.25, 0.3) is 5.56 Å². The zero-order valence-corrected chi connectivity index (χ0v) is 16.5. The lowest BCUT2D eigenvalue weighted by molar-refractivity contribution is -0.155. The molecule has 0 N–H and O–H groups in total. The predicted molar refractivity (Wildman–Crippen MR) is 112 cm³/mol. The van der Waals surface area contributed by atoms with Gasteiger partial charge in [-0.15, -0.1) is 0 Å². The summed E-state index contributed by atoms with van der Waals surface area (Å²) >= 11 is 0. The molecular weight excluding hydrogens is 364 g/mol. The zero-order chi connectivity index (χ0) is 20.0. The Morgan fingerprint density at radius 1 is 1.10 bits per heavy atom. The molecule has 148 valence electrons. The van der Waals surface area contributed by atoms with Gasteiger partial charge in [0.2, 0.25) is 5.91 Å². The number of ether oxygens (including phenoxy) is 1. The minimum absolute atomic E-state index is 0.0329. The summed E-state index contributed by atoms with van der Waals surface area (Å²) in [5.74, 6) is -0.0329. The van der Waals surface area contributed by atoms with Crippen molar-refractivity contribution < 1.29 is 9.53 Å². The summed E-state index contributed by atoms with van der Waals surface area (Å²) in [5, 5.41) is 1.53. The molecule has 0 unspecified atom stereocenters. The average Bonchev–Trinajstić information content (AvgIpc) is 3.11. The largest absolute Gasteiger partial charge is 0.367 e. The van der Waals surface area contributed by atoms with Crippen LogP contribution in [0.1, 0.15) is 30.5 Å². The van der Waals surface area contributed by atoms with Gasteiger partial charge in [-0.1, -0.05) is 42.5 Å².